The van der Waals surface area contributed by atoms with Gasteiger partial charge in [0.05, 0.1) is 16.7 Å². The highest BCUT2D eigenvalue weighted by atomic mass is 32.2. The molecule has 0 saturated heterocycles. The Balaban J connectivity index is 1.68. The van der Waals surface area contributed by atoms with E-state index in [4.69, 9.17) is 0 Å². The van der Waals surface area contributed by atoms with Crippen molar-refractivity contribution in [1.29, 1.82) is 0 Å². The minimum Gasteiger partial charge on any atom is -0.325 e. The number of carbonyl (C=O) groups is 1. The van der Waals surface area contributed by atoms with Gasteiger partial charge in [0.25, 0.3) is 5.56 Å². The molecule has 7 heteroatoms. The van der Waals surface area contributed by atoms with E-state index in [9.17, 15) is 9.59 Å². The van der Waals surface area contributed by atoms with E-state index in [-0.39, 0.29) is 17.2 Å². The van der Waals surface area contributed by atoms with Gasteiger partial charge in [0, 0.05) is 11.9 Å². The van der Waals surface area contributed by atoms with E-state index in [2.05, 4.69) is 15.3 Å². The lowest BCUT2D eigenvalue weighted by atomic mass is 10.2. The Morgan fingerprint density at radius 3 is 2.63 bits per heavy atom. The van der Waals surface area contributed by atoms with Crippen molar-refractivity contribution in [3.63, 3.8) is 0 Å². The van der Waals surface area contributed by atoms with Crippen LogP contribution in [0.25, 0.3) is 16.7 Å². The maximum absolute atomic E-state index is 13.2. The van der Waals surface area contributed by atoms with Crippen molar-refractivity contribution >= 4 is 34.3 Å². The van der Waals surface area contributed by atoms with Gasteiger partial charge in [-0.05, 0) is 61.4 Å². The van der Waals surface area contributed by atoms with Crippen molar-refractivity contribution in [2.45, 2.75) is 19.0 Å². The zero-order chi connectivity index (χ0) is 21.1. The molecule has 0 aliphatic heterocycles. The van der Waals surface area contributed by atoms with Gasteiger partial charge in [-0.1, -0.05) is 36.0 Å². The molecule has 2 aromatic heterocycles. The molecule has 2 heterocycles. The number of nitrogens with zero attached hydrogens (tertiary/aromatic N) is 3. The molecule has 0 bridgehead atoms. The number of pyridine rings is 1. The number of aromatic nitrogens is 3. The second-order valence-electron chi connectivity index (χ2n) is 6.95. The number of hydrogen-bond donors (Lipinski definition) is 1. The lowest BCUT2D eigenvalue weighted by Crippen LogP contribution is -2.23. The second-order valence-corrected chi connectivity index (χ2v) is 7.89. The molecule has 6 nitrogen and oxygen atoms in total. The predicted molar refractivity (Wildman–Crippen MR) is 120 cm³/mol. The first-order valence-corrected chi connectivity index (χ1v) is 10.4. The molecular formula is C23H20N4O2S. The summed E-state index contributed by atoms with van der Waals surface area (Å²) in [6.07, 6.45) is 1.66. The van der Waals surface area contributed by atoms with Crippen molar-refractivity contribution in [3.05, 3.63) is 88.3 Å². The summed E-state index contributed by atoms with van der Waals surface area (Å²) < 4.78 is 1.47. The molecule has 0 atom stereocenters. The van der Waals surface area contributed by atoms with E-state index in [0.29, 0.717) is 21.9 Å². The van der Waals surface area contributed by atoms with Crippen LogP contribution in [0.2, 0.25) is 0 Å². The Morgan fingerprint density at radius 2 is 1.83 bits per heavy atom. The molecule has 0 fully saturated rings. The summed E-state index contributed by atoms with van der Waals surface area (Å²) in [4.78, 5) is 34.7. The lowest BCUT2D eigenvalue weighted by molar-refractivity contribution is -0.113. The number of carbonyl (C=O) groups excluding carboxylic acids is 1. The normalized spacial score (nSPS) is 10.9. The summed E-state index contributed by atoms with van der Waals surface area (Å²) in [7, 11) is 0. The van der Waals surface area contributed by atoms with Crippen LogP contribution in [0.3, 0.4) is 0 Å². The molecule has 0 aliphatic carbocycles. The molecule has 1 amide bonds. The van der Waals surface area contributed by atoms with E-state index < -0.39 is 0 Å². The van der Waals surface area contributed by atoms with Gasteiger partial charge < -0.3 is 5.32 Å². The van der Waals surface area contributed by atoms with Gasteiger partial charge in [0.1, 0.15) is 5.82 Å². The maximum Gasteiger partial charge on any atom is 0.267 e. The molecule has 0 radical (unpaired) electrons. The molecule has 0 aliphatic rings. The number of fused-ring (bicyclic) bond motifs is 1. The monoisotopic (exact) mass is 416 g/mol. The molecule has 0 unspecified atom stereocenters. The van der Waals surface area contributed by atoms with Crippen molar-refractivity contribution in [2.75, 3.05) is 11.1 Å². The van der Waals surface area contributed by atoms with Gasteiger partial charge in [-0.2, -0.15) is 0 Å². The van der Waals surface area contributed by atoms with Crippen LogP contribution in [0.4, 0.5) is 5.69 Å². The van der Waals surface area contributed by atoms with Crippen LogP contribution >= 0.6 is 11.8 Å². The summed E-state index contributed by atoms with van der Waals surface area (Å²) in [5.41, 5.74) is 3.17. The van der Waals surface area contributed by atoms with Gasteiger partial charge in [-0.25, -0.2) is 14.5 Å². The highest BCUT2D eigenvalue weighted by Crippen LogP contribution is 2.21. The van der Waals surface area contributed by atoms with Gasteiger partial charge in [-0.3, -0.25) is 9.59 Å². The standard InChI is InChI=1S/C23H20N4O2S/c1-15-6-5-7-17(12-15)25-21(28)14-30-23-26-19-9-4-3-8-18(19)22(29)27(23)20-13-16(2)10-11-24-20/h3-13H,14H2,1-2H3,(H,25,28). The van der Waals surface area contributed by atoms with Crippen LogP contribution in [0.15, 0.2) is 76.8 Å². The van der Waals surface area contributed by atoms with Crippen LogP contribution in [0.5, 0.6) is 0 Å². The van der Waals surface area contributed by atoms with Crippen molar-refractivity contribution in [3.8, 4) is 5.82 Å². The van der Waals surface area contributed by atoms with E-state index in [1.807, 2.05) is 62.4 Å². The summed E-state index contributed by atoms with van der Waals surface area (Å²) in [5, 5.41) is 3.82. The van der Waals surface area contributed by atoms with Gasteiger partial charge >= 0.3 is 0 Å². The first kappa shape index (κ1) is 19.8. The molecule has 2 aromatic carbocycles. The average Bonchev–Trinajstić information content (AvgIpc) is 2.72. The summed E-state index contributed by atoms with van der Waals surface area (Å²) >= 11 is 1.21. The topological polar surface area (TPSA) is 76.9 Å². The van der Waals surface area contributed by atoms with Crippen molar-refractivity contribution < 1.29 is 4.79 Å². The number of rotatable bonds is 5. The third-order valence-corrected chi connectivity index (χ3v) is 5.45. The Hall–Kier alpha value is -3.45. The smallest absolute Gasteiger partial charge is 0.267 e. The SMILES string of the molecule is Cc1cccc(NC(=O)CSc2nc3ccccc3c(=O)n2-c2cc(C)ccn2)c1. The van der Waals surface area contributed by atoms with E-state index in [1.165, 1.54) is 16.3 Å². The second kappa shape index (κ2) is 8.51. The first-order valence-electron chi connectivity index (χ1n) is 9.45. The summed E-state index contributed by atoms with van der Waals surface area (Å²) in [6, 6.07) is 18.5. The van der Waals surface area contributed by atoms with Crippen molar-refractivity contribution in [2.24, 2.45) is 0 Å². The molecule has 0 spiro atoms. The molecule has 150 valence electrons. The van der Waals surface area contributed by atoms with Crippen LogP contribution in [0.1, 0.15) is 11.1 Å². The lowest BCUT2D eigenvalue weighted by Gasteiger charge is -2.13. The fourth-order valence-corrected chi connectivity index (χ4v) is 3.90. The molecule has 1 N–H and O–H groups in total. The number of anilines is 1. The Labute approximate surface area is 178 Å². The Kier molecular flexibility index (Phi) is 5.63. The van der Waals surface area contributed by atoms with Gasteiger partial charge in [0.15, 0.2) is 5.16 Å². The maximum atomic E-state index is 13.2. The van der Waals surface area contributed by atoms with Gasteiger partial charge in [-0.15, -0.1) is 0 Å². The third-order valence-electron chi connectivity index (χ3n) is 4.51. The van der Waals surface area contributed by atoms with E-state index in [1.54, 1.807) is 18.3 Å². The quantitative estimate of drug-likeness (QED) is 0.391. The average molecular weight is 417 g/mol. The first-order chi connectivity index (χ1) is 14.5. The van der Waals surface area contributed by atoms with Crippen LogP contribution in [0, 0.1) is 13.8 Å². The minimum absolute atomic E-state index is 0.116. The summed E-state index contributed by atoms with van der Waals surface area (Å²) in [5.74, 6) is 0.432. The predicted octanol–water partition coefficient (Wildman–Crippen LogP) is 4.13. The molecule has 4 rings (SSSR count). The number of aryl methyl sites for hydroxylation is 2. The number of thioether (sulfide) groups is 1. The minimum atomic E-state index is -0.208. The van der Waals surface area contributed by atoms with E-state index >= 15 is 0 Å². The van der Waals surface area contributed by atoms with Crippen LogP contribution in [-0.4, -0.2) is 26.2 Å². The zero-order valence-electron chi connectivity index (χ0n) is 16.6. The largest absolute Gasteiger partial charge is 0.325 e. The third kappa shape index (κ3) is 4.26. The molecule has 0 saturated carbocycles. The fraction of sp³-hybridized carbons (Fsp3) is 0.130. The molecule has 30 heavy (non-hydrogen) atoms. The summed E-state index contributed by atoms with van der Waals surface area (Å²) in [6.45, 7) is 3.91. The number of benzene rings is 2. The zero-order valence-corrected chi connectivity index (χ0v) is 17.4. The number of amides is 1. The fourth-order valence-electron chi connectivity index (χ4n) is 3.10. The Morgan fingerprint density at radius 1 is 1.03 bits per heavy atom. The van der Waals surface area contributed by atoms with Crippen LogP contribution in [-0.2, 0) is 4.79 Å². The number of nitrogens with one attached hydrogen (secondary N) is 1. The van der Waals surface area contributed by atoms with Gasteiger partial charge in [0.2, 0.25) is 5.91 Å². The highest BCUT2D eigenvalue weighted by molar-refractivity contribution is 7.99. The number of para-hydroxylation sites is 1. The molecule has 4 aromatic rings. The molecular weight excluding hydrogens is 396 g/mol. The number of hydrogen-bond acceptors (Lipinski definition) is 5. The van der Waals surface area contributed by atoms with Crippen molar-refractivity contribution in [1.82, 2.24) is 14.5 Å². The Bertz CT molecular complexity index is 1300. The van der Waals surface area contributed by atoms with Crippen LogP contribution < -0.4 is 10.9 Å². The highest BCUT2D eigenvalue weighted by Gasteiger charge is 2.15. The van der Waals surface area contributed by atoms with E-state index in [0.717, 1.165) is 16.8 Å².